The van der Waals surface area contributed by atoms with E-state index in [1.54, 1.807) is 32.0 Å². The van der Waals surface area contributed by atoms with Gasteiger partial charge in [0, 0.05) is 23.0 Å². The van der Waals surface area contributed by atoms with E-state index in [0.29, 0.717) is 33.7 Å². The van der Waals surface area contributed by atoms with Crippen LogP contribution in [0.15, 0.2) is 70.9 Å². The fraction of sp³-hybridized carbons (Fsp3) is 0.345. The Morgan fingerprint density at radius 3 is 2.41 bits per heavy atom. The third kappa shape index (κ3) is 5.91. The molecular formula is C29H31N5O4S. The van der Waals surface area contributed by atoms with Gasteiger partial charge in [0.25, 0.3) is 0 Å². The molecule has 0 bridgehead atoms. The molecule has 0 amide bonds. The van der Waals surface area contributed by atoms with Gasteiger partial charge in [-0.3, -0.25) is 14.7 Å². The number of aliphatic carboxylic acids is 2. The maximum atomic E-state index is 12.1. The molecule has 0 radical (unpaired) electrons. The van der Waals surface area contributed by atoms with Gasteiger partial charge in [0.2, 0.25) is 5.13 Å². The zero-order valence-electron chi connectivity index (χ0n) is 21.9. The van der Waals surface area contributed by atoms with Gasteiger partial charge in [-0.25, -0.2) is 4.79 Å². The van der Waals surface area contributed by atoms with Gasteiger partial charge in [-0.1, -0.05) is 53.8 Å². The number of aliphatic imine (C=N–C) groups is 1. The van der Waals surface area contributed by atoms with Gasteiger partial charge in [-0.15, -0.1) is 10.2 Å². The minimum absolute atomic E-state index is 0.000568. The van der Waals surface area contributed by atoms with E-state index in [0.717, 1.165) is 37.5 Å². The van der Waals surface area contributed by atoms with Crippen molar-refractivity contribution in [1.82, 2.24) is 15.1 Å². The monoisotopic (exact) mass is 545 g/mol. The summed E-state index contributed by atoms with van der Waals surface area (Å²) in [6.07, 6.45) is 2.24. The molecule has 2 aliphatic heterocycles. The number of aromatic nitrogens is 2. The molecule has 1 fully saturated rings. The molecule has 39 heavy (non-hydrogen) atoms. The Morgan fingerprint density at radius 1 is 1.00 bits per heavy atom. The molecule has 1 saturated heterocycles. The fourth-order valence-electron chi connectivity index (χ4n) is 5.64. The van der Waals surface area contributed by atoms with Crippen molar-refractivity contribution >= 4 is 39.8 Å². The Hall–Kier alpha value is -3.89. The molecule has 2 unspecified atom stereocenters. The van der Waals surface area contributed by atoms with E-state index in [2.05, 4.69) is 55.7 Å². The second-order valence-electron chi connectivity index (χ2n) is 10.1. The van der Waals surface area contributed by atoms with Crippen molar-refractivity contribution in [2.75, 3.05) is 18.4 Å². The van der Waals surface area contributed by atoms with Crippen molar-refractivity contribution in [3.63, 3.8) is 0 Å². The van der Waals surface area contributed by atoms with Crippen LogP contribution in [0.25, 0.3) is 0 Å². The van der Waals surface area contributed by atoms with Crippen LogP contribution < -0.4 is 5.32 Å². The highest BCUT2D eigenvalue weighted by Gasteiger charge is 2.41. The summed E-state index contributed by atoms with van der Waals surface area (Å²) in [4.78, 5) is 30.9. The van der Waals surface area contributed by atoms with Crippen LogP contribution >= 0.6 is 11.3 Å². The first kappa shape index (κ1) is 26.7. The number of piperidine rings is 1. The topological polar surface area (TPSA) is 128 Å². The van der Waals surface area contributed by atoms with Gasteiger partial charge < -0.3 is 15.5 Å². The van der Waals surface area contributed by atoms with Gasteiger partial charge in [0.1, 0.15) is 10.9 Å². The highest BCUT2D eigenvalue weighted by atomic mass is 32.1. The van der Waals surface area contributed by atoms with Crippen molar-refractivity contribution in [2.24, 2.45) is 10.9 Å². The van der Waals surface area contributed by atoms with Gasteiger partial charge in [-0.05, 0) is 69.0 Å². The second kappa shape index (κ2) is 11.5. The van der Waals surface area contributed by atoms with Crippen LogP contribution in [0.4, 0.5) is 10.8 Å². The molecule has 0 saturated carbocycles. The molecule has 202 valence electrons. The van der Waals surface area contributed by atoms with Crippen molar-refractivity contribution in [1.29, 1.82) is 0 Å². The van der Waals surface area contributed by atoms with E-state index in [4.69, 9.17) is 0 Å². The molecule has 0 spiro atoms. The number of rotatable bonds is 8. The third-order valence-electron chi connectivity index (χ3n) is 7.51. The lowest BCUT2D eigenvalue weighted by molar-refractivity contribution is -0.140. The Morgan fingerprint density at radius 2 is 1.72 bits per heavy atom. The molecule has 2 aromatic carbocycles. The van der Waals surface area contributed by atoms with Crippen LogP contribution in [0.1, 0.15) is 54.7 Å². The summed E-state index contributed by atoms with van der Waals surface area (Å²) >= 11 is 1.48. The summed E-state index contributed by atoms with van der Waals surface area (Å²) in [5.74, 6) is -3.59. The molecule has 0 aliphatic carbocycles. The minimum Gasteiger partial charge on any atom is -0.481 e. The Bertz CT molecular complexity index is 1430. The zero-order valence-corrected chi connectivity index (χ0v) is 22.7. The molecule has 9 nitrogen and oxygen atoms in total. The van der Waals surface area contributed by atoms with E-state index in [1.165, 1.54) is 16.9 Å². The number of nitrogens with one attached hydrogen (secondary N) is 1. The standard InChI is InChI=1S/C29H31N5O4S/c1-17-24(27(35)36)26(25(28(37)38)18(2)30-17)21-9-6-10-22(15-21)31-29-33-32-23(39-29)16-34-13-11-20(12-14-34)19-7-4-3-5-8-19/h3-10,15,20,24,26H,11-14,16H2,1-2H3,(H,31,33)(H,35,36)(H,37,38). The first-order valence-electron chi connectivity index (χ1n) is 13.0. The number of anilines is 2. The molecule has 5 rings (SSSR count). The SMILES string of the molecule is CC1=NC(C)=C(C(=O)O)C(c2cccc(Nc3nnc(CN4CCC(c5ccccc5)CC4)s3)c2)C1C(=O)O. The summed E-state index contributed by atoms with van der Waals surface area (Å²) in [5, 5.41) is 33.3. The number of hydrogen-bond acceptors (Lipinski definition) is 8. The highest BCUT2D eigenvalue weighted by molar-refractivity contribution is 7.15. The minimum atomic E-state index is -1.17. The Labute approximate surface area is 230 Å². The average molecular weight is 546 g/mol. The lowest BCUT2D eigenvalue weighted by Crippen LogP contribution is -2.34. The van der Waals surface area contributed by atoms with Gasteiger partial charge in [-0.2, -0.15) is 0 Å². The molecule has 10 heteroatoms. The van der Waals surface area contributed by atoms with Gasteiger partial charge in [0.05, 0.1) is 12.1 Å². The summed E-state index contributed by atoms with van der Waals surface area (Å²) in [6.45, 7) is 6.00. The third-order valence-corrected chi connectivity index (χ3v) is 8.33. The summed E-state index contributed by atoms with van der Waals surface area (Å²) in [5.41, 5.74) is 3.39. The van der Waals surface area contributed by atoms with Crippen LogP contribution in [0.2, 0.25) is 0 Å². The number of carbonyl (C=O) groups is 2. The predicted molar refractivity (Wildman–Crippen MR) is 151 cm³/mol. The summed E-state index contributed by atoms with van der Waals surface area (Å²) in [6, 6.07) is 17.8. The number of likely N-dealkylation sites (tertiary alicyclic amines) is 1. The van der Waals surface area contributed by atoms with Crippen molar-refractivity contribution in [2.45, 2.75) is 45.1 Å². The molecule has 3 N–H and O–H groups in total. The first-order chi connectivity index (χ1) is 18.8. The van der Waals surface area contributed by atoms with E-state index in [1.807, 2.05) is 6.07 Å². The molecule has 3 heterocycles. The maximum absolute atomic E-state index is 12.1. The van der Waals surface area contributed by atoms with Crippen LogP contribution in [-0.2, 0) is 16.1 Å². The largest absolute Gasteiger partial charge is 0.481 e. The van der Waals surface area contributed by atoms with Gasteiger partial charge in [0.15, 0.2) is 0 Å². The number of carboxylic acid groups (broad SMARTS) is 2. The van der Waals surface area contributed by atoms with Gasteiger partial charge >= 0.3 is 11.9 Å². The Balaban J connectivity index is 1.27. The van der Waals surface area contributed by atoms with Crippen LogP contribution in [0.3, 0.4) is 0 Å². The van der Waals surface area contributed by atoms with E-state index < -0.39 is 23.8 Å². The van der Waals surface area contributed by atoms with E-state index in [9.17, 15) is 19.8 Å². The number of hydrogen-bond donors (Lipinski definition) is 3. The average Bonchev–Trinajstić information content (AvgIpc) is 3.35. The predicted octanol–water partition coefficient (Wildman–Crippen LogP) is 5.28. The molecule has 3 aromatic rings. The second-order valence-corrected chi connectivity index (χ2v) is 11.1. The van der Waals surface area contributed by atoms with Crippen molar-refractivity contribution in [3.8, 4) is 0 Å². The molecule has 2 aliphatic rings. The summed E-state index contributed by atoms with van der Waals surface area (Å²) in [7, 11) is 0. The fourth-order valence-corrected chi connectivity index (χ4v) is 6.44. The number of allylic oxidation sites excluding steroid dienone is 1. The van der Waals surface area contributed by atoms with Crippen LogP contribution in [0.5, 0.6) is 0 Å². The zero-order chi connectivity index (χ0) is 27.5. The summed E-state index contributed by atoms with van der Waals surface area (Å²) < 4.78 is 0. The Kier molecular flexibility index (Phi) is 7.85. The van der Waals surface area contributed by atoms with Crippen molar-refractivity contribution in [3.05, 3.63) is 82.0 Å². The van der Waals surface area contributed by atoms with E-state index in [-0.39, 0.29) is 5.57 Å². The number of nitrogens with zero attached hydrogens (tertiary/aromatic N) is 4. The highest BCUT2D eigenvalue weighted by Crippen LogP contribution is 2.40. The lowest BCUT2D eigenvalue weighted by Gasteiger charge is -2.31. The quantitative estimate of drug-likeness (QED) is 0.349. The molecule has 1 aromatic heterocycles. The lowest BCUT2D eigenvalue weighted by atomic mass is 9.75. The van der Waals surface area contributed by atoms with Crippen molar-refractivity contribution < 1.29 is 19.8 Å². The maximum Gasteiger partial charge on any atom is 0.334 e. The van der Waals surface area contributed by atoms with Crippen LogP contribution in [0, 0.1) is 5.92 Å². The molecular weight excluding hydrogens is 514 g/mol. The first-order valence-corrected chi connectivity index (χ1v) is 13.8. The number of carboxylic acids is 2. The smallest absolute Gasteiger partial charge is 0.334 e. The van der Waals surface area contributed by atoms with E-state index >= 15 is 0 Å². The number of benzene rings is 2. The molecule has 2 atom stereocenters. The van der Waals surface area contributed by atoms with Crippen LogP contribution in [-0.4, -0.2) is 56.1 Å². The normalized spacial score (nSPS) is 20.5.